The molecule has 1 aliphatic heterocycles. The third kappa shape index (κ3) is 3.44. The highest BCUT2D eigenvalue weighted by Gasteiger charge is 2.35. The monoisotopic (exact) mass is 339 g/mol. The molecule has 4 rings (SSSR count). The second-order valence-corrected chi connectivity index (χ2v) is 7.10. The lowest BCUT2D eigenvalue weighted by atomic mass is 10.1. The highest BCUT2D eigenvalue weighted by Crippen LogP contribution is 2.30. The van der Waals surface area contributed by atoms with Gasteiger partial charge in [-0.3, -0.25) is 4.79 Å². The number of carbonyl (C=O) groups excluding carboxylic acids is 1. The second-order valence-electron chi connectivity index (χ2n) is 7.10. The number of nitrogens with zero attached hydrogens (tertiary/aromatic N) is 4. The third-order valence-corrected chi connectivity index (χ3v) is 5.23. The molecular formula is C19H25N5O. The predicted molar refractivity (Wildman–Crippen MR) is 95.2 cm³/mol. The van der Waals surface area contributed by atoms with Crippen LogP contribution in [0.2, 0.25) is 0 Å². The van der Waals surface area contributed by atoms with Gasteiger partial charge in [0.05, 0.1) is 11.7 Å². The first-order chi connectivity index (χ1) is 12.2. The number of hydrogen-bond donors (Lipinski definition) is 1. The molecule has 2 aliphatic rings. The summed E-state index contributed by atoms with van der Waals surface area (Å²) in [5.74, 6) is 0.0176. The predicted octanol–water partition coefficient (Wildman–Crippen LogP) is 2.32. The summed E-state index contributed by atoms with van der Waals surface area (Å²) in [6.45, 7) is 4.61. The summed E-state index contributed by atoms with van der Waals surface area (Å²) in [4.78, 5) is 15.1. The minimum absolute atomic E-state index is 0.0176. The molecule has 0 radical (unpaired) electrons. The van der Waals surface area contributed by atoms with Crippen LogP contribution in [0.15, 0.2) is 30.3 Å². The minimum atomic E-state index is 0.0176. The smallest absolute Gasteiger partial charge is 0.276 e. The van der Waals surface area contributed by atoms with Gasteiger partial charge in [0.15, 0.2) is 5.69 Å². The van der Waals surface area contributed by atoms with Gasteiger partial charge in [-0.05, 0) is 51.3 Å². The minimum Gasteiger partial charge on any atom is -0.330 e. The van der Waals surface area contributed by atoms with Crippen LogP contribution in [0.25, 0.3) is 0 Å². The molecule has 2 heterocycles. The molecule has 2 fully saturated rings. The Kier molecular flexibility index (Phi) is 4.53. The average molecular weight is 339 g/mol. The number of aromatic nitrogens is 3. The van der Waals surface area contributed by atoms with E-state index in [2.05, 4.69) is 27.8 Å². The van der Waals surface area contributed by atoms with Crippen LogP contribution in [-0.2, 0) is 6.54 Å². The molecule has 1 aromatic carbocycles. The Balaban J connectivity index is 1.55. The number of amides is 1. The third-order valence-electron chi connectivity index (χ3n) is 5.23. The molecule has 1 saturated heterocycles. The van der Waals surface area contributed by atoms with Crippen molar-refractivity contribution in [3.05, 3.63) is 47.3 Å². The molecule has 1 N–H and O–H groups in total. The lowest BCUT2D eigenvalue weighted by molar-refractivity contribution is 0.0723. The van der Waals surface area contributed by atoms with Crippen LogP contribution in [0.3, 0.4) is 0 Å². The zero-order chi connectivity index (χ0) is 17.2. The van der Waals surface area contributed by atoms with Crippen LogP contribution in [0.5, 0.6) is 0 Å². The maximum absolute atomic E-state index is 13.1. The van der Waals surface area contributed by atoms with Gasteiger partial charge in [0.1, 0.15) is 0 Å². The van der Waals surface area contributed by atoms with Crippen molar-refractivity contribution in [3.8, 4) is 0 Å². The topological polar surface area (TPSA) is 63.1 Å². The van der Waals surface area contributed by atoms with Crippen LogP contribution in [0.4, 0.5) is 0 Å². The first-order valence-electron chi connectivity index (χ1n) is 9.21. The van der Waals surface area contributed by atoms with E-state index >= 15 is 0 Å². The van der Waals surface area contributed by atoms with Gasteiger partial charge >= 0.3 is 0 Å². The fourth-order valence-corrected chi connectivity index (χ4v) is 3.61. The summed E-state index contributed by atoms with van der Waals surface area (Å²) < 4.78 is 1.96. The van der Waals surface area contributed by atoms with Gasteiger partial charge in [0.25, 0.3) is 5.91 Å². The molecule has 1 amide bonds. The number of benzene rings is 1. The first kappa shape index (κ1) is 16.3. The molecule has 1 aromatic heterocycles. The molecular weight excluding hydrogens is 314 g/mol. The van der Waals surface area contributed by atoms with Gasteiger partial charge in [-0.25, -0.2) is 4.68 Å². The Bertz CT molecular complexity index is 732. The van der Waals surface area contributed by atoms with Crippen molar-refractivity contribution in [1.29, 1.82) is 0 Å². The highest BCUT2D eigenvalue weighted by atomic mass is 16.2. The van der Waals surface area contributed by atoms with E-state index in [1.165, 1.54) is 0 Å². The second kappa shape index (κ2) is 6.96. The number of hydrogen-bond acceptors (Lipinski definition) is 4. The zero-order valence-corrected chi connectivity index (χ0v) is 14.7. The maximum Gasteiger partial charge on any atom is 0.276 e. The normalized spacial score (nSPS) is 18.3. The molecule has 6 nitrogen and oxygen atoms in total. The zero-order valence-electron chi connectivity index (χ0n) is 14.7. The van der Waals surface area contributed by atoms with Crippen LogP contribution in [0, 0.1) is 6.92 Å². The molecule has 25 heavy (non-hydrogen) atoms. The molecule has 0 bridgehead atoms. The average Bonchev–Trinajstić information content (AvgIpc) is 3.42. The summed E-state index contributed by atoms with van der Waals surface area (Å²) in [7, 11) is 0. The Hall–Kier alpha value is -2.21. The van der Waals surface area contributed by atoms with Crippen LogP contribution in [-0.4, -0.2) is 44.9 Å². The van der Waals surface area contributed by atoms with Crippen molar-refractivity contribution in [2.75, 3.05) is 13.1 Å². The van der Waals surface area contributed by atoms with E-state index in [4.69, 9.17) is 0 Å². The lowest BCUT2D eigenvalue weighted by Gasteiger charge is -2.24. The van der Waals surface area contributed by atoms with Crippen molar-refractivity contribution in [3.63, 3.8) is 0 Å². The molecule has 132 valence electrons. The van der Waals surface area contributed by atoms with Gasteiger partial charge in [0.2, 0.25) is 0 Å². The van der Waals surface area contributed by atoms with Gasteiger partial charge < -0.3 is 10.2 Å². The molecule has 6 heteroatoms. The van der Waals surface area contributed by atoms with Crippen LogP contribution in [0.1, 0.15) is 53.5 Å². The van der Waals surface area contributed by atoms with Crippen LogP contribution < -0.4 is 5.32 Å². The largest absolute Gasteiger partial charge is 0.330 e. The summed E-state index contributed by atoms with van der Waals surface area (Å²) in [5.41, 5.74) is 2.57. The molecule has 0 spiro atoms. The number of carbonyl (C=O) groups is 1. The quantitative estimate of drug-likeness (QED) is 0.908. The molecule has 1 aliphatic carbocycles. The summed E-state index contributed by atoms with van der Waals surface area (Å²) in [6.07, 6.45) is 4.24. The van der Waals surface area contributed by atoms with E-state index in [0.29, 0.717) is 24.3 Å². The van der Waals surface area contributed by atoms with E-state index in [9.17, 15) is 4.79 Å². The molecule has 1 saturated carbocycles. The summed E-state index contributed by atoms with van der Waals surface area (Å²) in [6, 6.07) is 10.9. The van der Waals surface area contributed by atoms with Crippen molar-refractivity contribution < 1.29 is 4.79 Å². The van der Waals surface area contributed by atoms with Crippen molar-refractivity contribution in [2.45, 2.75) is 51.2 Å². The summed E-state index contributed by atoms with van der Waals surface area (Å²) >= 11 is 0. The van der Waals surface area contributed by atoms with Gasteiger partial charge in [-0.1, -0.05) is 35.5 Å². The number of rotatable bonds is 5. The number of piperidine rings is 1. The van der Waals surface area contributed by atoms with Gasteiger partial charge in [-0.2, -0.15) is 0 Å². The fraction of sp³-hybridized carbons (Fsp3) is 0.526. The van der Waals surface area contributed by atoms with E-state index in [1.807, 2.05) is 34.7 Å². The van der Waals surface area contributed by atoms with Gasteiger partial charge in [0, 0.05) is 12.6 Å². The highest BCUT2D eigenvalue weighted by molar-refractivity contribution is 5.93. The van der Waals surface area contributed by atoms with Crippen LogP contribution >= 0.6 is 0 Å². The lowest BCUT2D eigenvalue weighted by Crippen LogP contribution is -2.33. The van der Waals surface area contributed by atoms with Crippen molar-refractivity contribution >= 4 is 5.91 Å². The van der Waals surface area contributed by atoms with E-state index in [0.717, 1.165) is 50.0 Å². The molecule has 0 unspecified atom stereocenters. The fourth-order valence-electron chi connectivity index (χ4n) is 3.61. The molecule has 0 atom stereocenters. The standard InChI is InChI=1S/C19H25N5O/c1-14-18(21-22-24(14)17-9-11-20-12-10-17)19(25)23(16-7-8-16)13-15-5-3-2-4-6-15/h2-6,16-17,20H,7-13H2,1H3. The Morgan fingerprint density at radius 2 is 1.92 bits per heavy atom. The van der Waals surface area contributed by atoms with E-state index in [-0.39, 0.29) is 5.91 Å². The van der Waals surface area contributed by atoms with Gasteiger partial charge in [-0.15, -0.1) is 5.10 Å². The van der Waals surface area contributed by atoms with E-state index < -0.39 is 0 Å². The SMILES string of the molecule is Cc1c(C(=O)N(Cc2ccccc2)C2CC2)nnn1C1CCNCC1. The molecule has 2 aromatic rings. The van der Waals surface area contributed by atoms with Crippen molar-refractivity contribution in [1.82, 2.24) is 25.2 Å². The van der Waals surface area contributed by atoms with Crippen molar-refractivity contribution in [2.24, 2.45) is 0 Å². The first-order valence-corrected chi connectivity index (χ1v) is 9.21. The Labute approximate surface area is 148 Å². The Morgan fingerprint density at radius 3 is 2.60 bits per heavy atom. The summed E-state index contributed by atoms with van der Waals surface area (Å²) in [5, 5.41) is 12.0. The Morgan fingerprint density at radius 1 is 1.20 bits per heavy atom. The maximum atomic E-state index is 13.1. The van der Waals surface area contributed by atoms with E-state index in [1.54, 1.807) is 0 Å². The number of nitrogens with one attached hydrogen (secondary N) is 1.